The molecule has 0 N–H and O–H groups in total. The number of benzene rings is 7. The quantitative estimate of drug-likeness (QED) is 0.174. The Morgan fingerprint density at radius 2 is 1.19 bits per heavy atom. The molecule has 52 heavy (non-hydrogen) atoms. The fraction of sp³-hybridized carbons (Fsp3) is 0.0800. The molecule has 0 bridgehead atoms. The molecule has 9 aromatic rings. The second-order valence-electron chi connectivity index (χ2n) is 14.5. The zero-order valence-electron chi connectivity index (χ0n) is 28.9. The van der Waals surface area contributed by atoms with Crippen molar-refractivity contribution in [1.82, 2.24) is 4.57 Å². The van der Waals surface area contributed by atoms with Crippen molar-refractivity contribution in [2.45, 2.75) is 18.8 Å². The Kier molecular flexibility index (Phi) is 6.45. The summed E-state index contributed by atoms with van der Waals surface area (Å²) in [6.07, 6.45) is 8.34. The van der Waals surface area contributed by atoms with Gasteiger partial charge in [0.05, 0.1) is 16.4 Å². The Bertz CT molecular complexity index is 2900. The van der Waals surface area contributed by atoms with Crippen molar-refractivity contribution in [2.24, 2.45) is 5.92 Å². The minimum atomic E-state index is -0.370. The van der Waals surface area contributed by atoms with Crippen LogP contribution in [0.1, 0.15) is 30.0 Å². The number of para-hydroxylation sites is 2. The lowest BCUT2D eigenvalue weighted by molar-refractivity contribution is 0.691. The van der Waals surface area contributed by atoms with Crippen LogP contribution in [0.4, 0.5) is 0 Å². The molecule has 246 valence electrons. The third-order valence-electron chi connectivity index (χ3n) is 11.6. The first kappa shape index (κ1) is 29.7. The third-order valence-corrected chi connectivity index (χ3v) is 12.7. The molecule has 0 amide bonds. The van der Waals surface area contributed by atoms with E-state index in [9.17, 15) is 0 Å². The highest BCUT2D eigenvalue weighted by Gasteiger charge is 2.47. The van der Waals surface area contributed by atoms with E-state index in [-0.39, 0.29) is 5.41 Å². The molecular formula is C50H35NS. The maximum absolute atomic E-state index is 2.49. The van der Waals surface area contributed by atoms with Crippen LogP contribution in [0.5, 0.6) is 0 Å². The fourth-order valence-electron chi connectivity index (χ4n) is 9.23. The van der Waals surface area contributed by atoms with E-state index in [4.69, 9.17) is 0 Å². The molecule has 11 rings (SSSR count). The molecule has 0 saturated heterocycles. The first-order valence-corrected chi connectivity index (χ1v) is 19.1. The summed E-state index contributed by atoms with van der Waals surface area (Å²) in [5.41, 5.74) is 13.9. The van der Waals surface area contributed by atoms with Crippen molar-refractivity contribution in [3.63, 3.8) is 0 Å². The molecule has 2 heteroatoms. The SMILES string of the molecule is CC1C=CC(C2(c3ccccc3)c3ccccc3-c3ccc(-c4ccc5c(c4)sc4cc(-n6c7ccccc7c7ccccc76)ccc45)cc32)=CC1. The van der Waals surface area contributed by atoms with Gasteiger partial charge < -0.3 is 4.57 Å². The minimum Gasteiger partial charge on any atom is -0.309 e. The summed E-state index contributed by atoms with van der Waals surface area (Å²) in [4.78, 5) is 0. The Labute approximate surface area is 307 Å². The molecule has 2 unspecified atom stereocenters. The van der Waals surface area contributed by atoms with Crippen molar-refractivity contribution in [3.8, 4) is 27.9 Å². The summed E-state index contributed by atoms with van der Waals surface area (Å²) in [5.74, 6) is 0.546. The molecule has 0 aliphatic heterocycles. The number of hydrogen-bond acceptors (Lipinski definition) is 1. The first-order chi connectivity index (χ1) is 25.7. The lowest BCUT2D eigenvalue weighted by Gasteiger charge is -2.36. The Hall–Kier alpha value is -5.96. The van der Waals surface area contributed by atoms with Gasteiger partial charge in [-0.2, -0.15) is 0 Å². The number of hydrogen-bond donors (Lipinski definition) is 0. The van der Waals surface area contributed by atoms with Crippen LogP contribution in [0.3, 0.4) is 0 Å². The van der Waals surface area contributed by atoms with Crippen LogP contribution in [-0.4, -0.2) is 4.57 Å². The molecular weight excluding hydrogens is 647 g/mol. The predicted molar refractivity (Wildman–Crippen MR) is 222 cm³/mol. The van der Waals surface area contributed by atoms with Gasteiger partial charge in [0, 0.05) is 36.6 Å². The van der Waals surface area contributed by atoms with Gasteiger partial charge in [-0.05, 0) is 93.3 Å². The molecule has 2 aliphatic rings. The summed E-state index contributed by atoms with van der Waals surface area (Å²) in [7, 11) is 0. The van der Waals surface area contributed by atoms with E-state index in [1.807, 2.05) is 11.3 Å². The van der Waals surface area contributed by atoms with Crippen molar-refractivity contribution < 1.29 is 0 Å². The van der Waals surface area contributed by atoms with Gasteiger partial charge in [-0.25, -0.2) is 0 Å². The van der Waals surface area contributed by atoms with Crippen molar-refractivity contribution in [1.29, 1.82) is 0 Å². The highest BCUT2D eigenvalue weighted by molar-refractivity contribution is 7.25. The van der Waals surface area contributed by atoms with E-state index in [1.54, 1.807) is 0 Å². The summed E-state index contributed by atoms with van der Waals surface area (Å²) in [6.45, 7) is 2.31. The average Bonchev–Trinajstić information content (AvgIpc) is 3.84. The van der Waals surface area contributed by atoms with E-state index >= 15 is 0 Å². The largest absolute Gasteiger partial charge is 0.309 e. The van der Waals surface area contributed by atoms with Crippen LogP contribution in [-0.2, 0) is 5.41 Å². The molecule has 0 radical (unpaired) electrons. The van der Waals surface area contributed by atoms with Crippen LogP contribution < -0.4 is 0 Å². The highest BCUT2D eigenvalue weighted by Crippen LogP contribution is 2.58. The standard InChI is InChI=1S/C50H35NS/c1-32-19-23-36(24-20-32)50(35-11-3-2-4-12-35)44-16-8-5-13-38(44)39-26-21-33(29-45(39)50)34-22-27-42-43-28-25-37(31-49(43)52-48(42)30-34)51-46-17-9-6-14-40(46)41-15-7-10-18-47(41)51/h2-19,21-32H,20H2,1H3. The monoisotopic (exact) mass is 681 g/mol. The highest BCUT2D eigenvalue weighted by atomic mass is 32.1. The van der Waals surface area contributed by atoms with Crippen molar-refractivity contribution in [3.05, 3.63) is 198 Å². The number of rotatable bonds is 4. The zero-order valence-corrected chi connectivity index (χ0v) is 29.7. The van der Waals surface area contributed by atoms with Gasteiger partial charge >= 0.3 is 0 Å². The van der Waals surface area contributed by atoms with Gasteiger partial charge in [-0.3, -0.25) is 0 Å². The fourth-order valence-corrected chi connectivity index (χ4v) is 10.4. The molecule has 1 nitrogen and oxygen atoms in total. The van der Waals surface area contributed by atoms with E-state index < -0.39 is 0 Å². The van der Waals surface area contributed by atoms with E-state index in [2.05, 4.69) is 187 Å². The Morgan fingerprint density at radius 3 is 1.96 bits per heavy atom. The lowest BCUT2D eigenvalue weighted by atomic mass is 9.65. The molecule has 0 fully saturated rings. The number of thiophene rings is 1. The van der Waals surface area contributed by atoms with Gasteiger partial charge in [-0.1, -0.05) is 146 Å². The van der Waals surface area contributed by atoms with Crippen LogP contribution in [0.2, 0.25) is 0 Å². The summed E-state index contributed by atoms with van der Waals surface area (Å²) >= 11 is 1.90. The van der Waals surface area contributed by atoms with Crippen molar-refractivity contribution in [2.75, 3.05) is 0 Å². The molecule has 2 heterocycles. The average molecular weight is 682 g/mol. The normalized spacial score (nSPS) is 17.9. The maximum Gasteiger partial charge on any atom is 0.0710 e. The first-order valence-electron chi connectivity index (χ1n) is 18.3. The molecule has 2 aliphatic carbocycles. The number of allylic oxidation sites excluding steroid dienone is 4. The van der Waals surface area contributed by atoms with E-state index in [0.29, 0.717) is 5.92 Å². The molecule has 7 aromatic carbocycles. The molecule has 0 saturated carbocycles. The third kappa shape index (κ3) is 4.16. The predicted octanol–water partition coefficient (Wildman–Crippen LogP) is 13.7. The number of aromatic nitrogens is 1. The van der Waals surface area contributed by atoms with Gasteiger partial charge in [0.15, 0.2) is 0 Å². The zero-order chi connectivity index (χ0) is 34.4. The van der Waals surface area contributed by atoms with Gasteiger partial charge in [0.1, 0.15) is 0 Å². The minimum absolute atomic E-state index is 0.370. The smallest absolute Gasteiger partial charge is 0.0710 e. The van der Waals surface area contributed by atoms with Crippen molar-refractivity contribution >= 4 is 53.3 Å². The molecule has 2 aromatic heterocycles. The maximum atomic E-state index is 2.49. The van der Waals surface area contributed by atoms with Crippen LogP contribution in [0.25, 0.3) is 69.9 Å². The Morgan fingerprint density at radius 1 is 0.558 bits per heavy atom. The van der Waals surface area contributed by atoms with Crippen LogP contribution >= 0.6 is 11.3 Å². The lowest BCUT2D eigenvalue weighted by Crippen LogP contribution is -2.30. The number of nitrogens with zero attached hydrogens (tertiary/aromatic N) is 1. The number of fused-ring (bicyclic) bond motifs is 9. The van der Waals surface area contributed by atoms with Gasteiger partial charge in [0.25, 0.3) is 0 Å². The Balaban J connectivity index is 1.07. The van der Waals surface area contributed by atoms with Crippen LogP contribution in [0, 0.1) is 5.92 Å². The summed E-state index contributed by atoms with van der Waals surface area (Å²) in [5, 5.41) is 5.21. The topological polar surface area (TPSA) is 4.93 Å². The summed E-state index contributed by atoms with van der Waals surface area (Å²) in [6, 6.07) is 59.0. The van der Waals surface area contributed by atoms with Crippen LogP contribution in [0.15, 0.2) is 182 Å². The van der Waals surface area contributed by atoms with Gasteiger partial charge in [0.2, 0.25) is 0 Å². The van der Waals surface area contributed by atoms with E-state index in [0.717, 1.165) is 6.42 Å². The molecule has 0 spiro atoms. The second-order valence-corrected chi connectivity index (χ2v) is 15.6. The second kappa shape index (κ2) is 11.3. The van der Waals surface area contributed by atoms with E-state index in [1.165, 1.54) is 92.2 Å². The molecule has 2 atom stereocenters. The van der Waals surface area contributed by atoms with Gasteiger partial charge in [-0.15, -0.1) is 11.3 Å². The summed E-state index contributed by atoms with van der Waals surface area (Å²) < 4.78 is 5.04.